The number of amides is 1. The van der Waals surface area contributed by atoms with Gasteiger partial charge in [0.2, 0.25) is 5.91 Å². The second-order valence-corrected chi connectivity index (χ2v) is 8.40. The summed E-state index contributed by atoms with van der Waals surface area (Å²) >= 11 is 0. The number of carbonyl (C=O) groups excluding carboxylic acids is 1. The maximum Gasteiger partial charge on any atom is 0.225 e. The van der Waals surface area contributed by atoms with Gasteiger partial charge in [-0.05, 0) is 63.7 Å². The minimum atomic E-state index is -0.299. The molecule has 2 rings (SSSR count). The van der Waals surface area contributed by atoms with E-state index in [9.17, 15) is 4.79 Å². The zero-order valence-corrected chi connectivity index (χ0v) is 15.9. The largest absolute Gasteiger partial charge is 0.355 e. The van der Waals surface area contributed by atoms with Crippen LogP contribution in [-0.4, -0.2) is 36.4 Å². The molecule has 0 saturated heterocycles. The van der Waals surface area contributed by atoms with Crippen LogP contribution in [-0.2, 0) is 4.79 Å². The molecule has 1 aromatic heterocycles. The highest BCUT2D eigenvalue weighted by Gasteiger charge is 2.31. The highest BCUT2D eigenvalue weighted by atomic mass is 16.2. The van der Waals surface area contributed by atoms with E-state index in [-0.39, 0.29) is 11.3 Å². The Kier molecular flexibility index (Phi) is 6.39. The van der Waals surface area contributed by atoms with Gasteiger partial charge in [-0.15, -0.1) is 0 Å². The van der Waals surface area contributed by atoms with E-state index in [0.717, 1.165) is 6.54 Å². The van der Waals surface area contributed by atoms with Gasteiger partial charge in [0, 0.05) is 18.2 Å². The molecule has 1 amide bonds. The van der Waals surface area contributed by atoms with Crippen molar-refractivity contribution in [3.05, 3.63) is 30.1 Å². The van der Waals surface area contributed by atoms with Crippen LogP contribution in [0.2, 0.25) is 0 Å². The van der Waals surface area contributed by atoms with E-state index in [2.05, 4.69) is 41.4 Å². The zero-order chi connectivity index (χ0) is 17.7. The predicted molar refractivity (Wildman–Crippen MR) is 98.6 cm³/mol. The Balaban J connectivity index is 1.88. The first kappa shape index (κ1) is 18.9. The normalized spacial score (nSPS) is 23.1. The molecular weight excluding hydrogens is 298 g/mol. The molecule has 1 atom stereocenters. The number of rotatable bonds is 5. The van der Waals surface area contributed by atoms with Crippen LogP contribution in [0.1, 0.15) is 58.2 Å². The Morgan fingerprint density at radius 2 is 1.92 bits per heavy atom. The minimum absolute atomic E-state index is 0.157. The fraction of sp³-hybridized carbons (Fsp3) is 0.700. The van der Waals surface area contributed by atoms with Gasteiger partial charge in [0.05, 0.1) is 11.7 Å². The van der Waals surface area contributed by atoms with E-state index in [1.54, 1.807) is 0 Å². The van der Waals surface area contributed by atoms with E-state index in [1.807, 2.05) is 33.0 Å². The Morgan fingerprint density at radius 3 is 2.42 bits per heavy atom. The van der Waals surface area contributed by atoms with E-state index in [1.165, 1.54) is 31.4 Å². The first-order valence-corrected chi connectivity index (χ1v) is 9.14. The van der Waals surface area contributed by atoms with Gasteiger partial charge >= 0.3 is 0 Å². The van der Waals surface area contributed by atoms with Crippen molar-refractivity contribution in [2.45, 2.75) is 52.5 Å². The standard InChI is InChI=1S/C20H33N3O/c1-20(2,3)19(24)22-14-15-9-11-16(12-10-15)18(23(4)5)17-8-6-7-13-21-17/h6-8,13,15-16,18H,9-12,14H2,1-5H3,(H,22,24)/t15?,16?,18-/m0/s1. The number of pyridine rings is 1. The monoisotopic (exact) mass is 331 g/mol. The van der Waals surface area contributed by atoms with Crippen molar-refractivity contribution in [1.29, 1.82) is 0 Å². The van der Waals surface area contributed by atoms with Gasteiger partial charge in [-0.25, -0.2) is 0 Å². The van der Waals surface area contributed by atoms with Gasteiger partial charge in [0.15, 0.2) is 0 Å². The number of aromatic nitrogens is 1. The van der Waals surface area contributed by atoms with Crippen molar-refractivity contribution in [3.63, 3.8) is 0 Å². The van der Waals surface area contributed by atoms with Crippen molar-refractivity contribution in [2.24, 2.45) is 17.3 Å². The molecule has 24 heavy (non-hydrogen) atoms. The highest BCUT2D eigenvalue weighted by molar-refractivity contribution is 5.81. The quantitative estimate of drug-likeness (QED) is 0.896. The van der Waals surface area contributed by atoms with Crippen LogP contribution in [0.4, 0.5) is 0 Å². The molecule has 0 aliphatic heterocycles. The van der Waals surface area contributed by atoms with E-state index in [0.29, 0.717) is 17.9 Å². The smallest absolute Gasteiger partial charge is 0.225 e. The fourth-order valence-corrected chi connectivity index (χ4v) is 3.69. The van der Waals surface area contributed by atoms with Gasteiger partial charge in [0.1, 0.15) is 0 Å². The number of hydrogen-bond acceptors (Lipinski definition) is 3. The summed E-state index contributed by atoms with van der Waals surface area (Å²) in [6.45, 7) is 6.72. The molecule has 0 radical (unpaired) electrons. The molecule has 134 valence electrons. The molecular formula is C20H33N3O. The Hall–Kier alpha value is -1.42. The van der Waals surface area contributed by atoms with E-state index >= 15 is 0 Å². The van der Waals surface area contributed by atoms with Crippen molar-refractivity contribution < 1.29 is 4.79 Å². The fourth-order valence-electron chi connectivity index (χ4n) is 3.69. The average Bonchev–Trinajstić information content (AvgIpc) is 2.54. The lowest BCUT2D eigenvalue weighted by molar-refractivity contribution is -0.128. The lowest BCUT2D eigenvalue weighted by Crippen LogP contribution is -2.39. The van der Waals surface area contributed by atoms with E-state index in [4.69, 9.17) is 0 Å². The topological polar surface area (TPSA) is 45.2 Å². The van der Waals surface area contributed by atoms with Gasteiger partial charge in [-0.3, -0.25) is 9.78 Å². The molecule has 0 bridgehead atoms. The molecule has 1 N–H and O–H groups in total. The first-order chi connectivity index (χ1) is 11.3. The molecule has 1 aliphatic carbocycles. The van der Waals surface area contributed by atoms with Crippen LogP contribution in [0, 0.1) is 17.3 Å². The lowest BCUT2D eigenvalue weighted by atomic mass is 9.77. The molecule has 1 saturated carbocycles. The molecule has 0 spiro atoms. The van der Waals surface area contributed by atoms with Crippen LogP contribution < -0.4 is 5.32 Å². The van der Waals surface area contributed by atoms with Crippen molar-refractivity contribution in [2.75, 3.05) is 20.6 Å². The van der Waals surface area contributed by atoms with Gasteiger partial charge in [-0.2, -0.15) is 0 Å². The maximum atomic E-state index is 12.0. The number of hydrogen-bond donors (Lipinski definition) is 1. The number of nitrogens with zero attached hydrogens (tertiary/aromatic N) is 2. The molecule has 1 aromatic rings. The van der Waals surface area contributed by atoms with Crippen LogP contribution >= 0.6 is 0 Å². The third-order valence-corrected chi connectivity index (χ3v) is 5.12. The average molecular weight is 332 g/mol. The summed E-state index contributed by atoms with van der Waals surface area (Å²) in [5.74, 6) is 1.41. The molecule has 1 heterocycles. The summed E-state index contributed by atoms with van der Waals surface area (Å²) in [7, 11) is 4.30. The molecule has 0 unspecified atom stereocenters. The van der Waals surface area contributed by atoms with Gasteiger partial charge in [0.25, 0.3) is 0 Å². The van der Waals surface area contributed by atoms with Crippen LogP contribution in [0.5, 0.6) is 0 Å². The zero-order valence-electron chi connectivity index (χ0n) is 15.9. The Morgan fingerprint density at radius 1 is 1.25 bits per heavy atom. The van der Waals surface area contributed by atoms with Crippen LogP contribution in [0.3, 0.4) is 0 Å². The van der Waals surface area contributed by atoms with Gasteiger partial charge in [-0.1, -0.05) is 26.8 Å². The summed E-state index contributed by atoms with van der Waals surface area (Å²) in [5.41, 5.74) is 0.874. The molecule has 1 fully saturated rings. The van der Waals surface area contributed by atoms with Crippen LogP contribution in [0.25, 0.3) is 0 Å². The van der Waals surface area contributed by atoms with Crippen molar-refractivity contribution >= 4 is 5.91 Å². The van der Waals surface area contributed by atoms with Crippen molar-refractivity contribution in [3.8, 4) is 0 Å². The van der Waals surface area contributed by atoms with Gasteiger partial charge < -0.3 is 10.2 Å². The third-order valence-electron chi connectivity index (χ3n) is 5.12. The Bertz CT molecular complexity index is 513. The maximum absolute atomic E-state index is 12.0. The summed E-state index contributed by atoms with van der Waals surface area (Å²) < 4.78 is 0. The predicted octanol–water partition coefficient (Wildman–Crippen LogP) is 3.65. The Labute approximate surface area is 147 Å². The SMILES string of the molecule is CN(C)[C@H](c1ccccn1)C1CCC(CNC(=O)C(C)(C)C)CC1. The third kappa shape index (κ3) is 5.04. The second-order valence-electron chi connectivity index (χ2n) is 8.40. The van der Waals surface area contributed by atoms with Crippen LogP contribution in [0.15, 0.2) is 24.4 Å². The summed E-state index contributed by atoms with van der Waals surface area (Å²) in [6, 6.07) is 6.58. The lowest BCUT2D eigenvalue weighted by Gasteiger charge is -2.37. The van der Waals surface area contributed by atoms with E-state index < -0.39 is 0 Å². The first-order valence-electron chi connectivity index (χ1n) is 9.14. The summed E-state index contributed by atoms with van der Waals surface area (Å²) in [4.78, 5) is 18.9. The summed E-state index contributed by atoms with van der Waals surface area (Å²) in [6.07, 6.45) is 6.67. The molecule has 0 aromatic carbocycles. The molecule has 4 heteroatoms. The minimum Gasteiger partial charge on any atom is -0.355 e. The molecule has 4 nitrogen and oxygen atoms in total. The second kappa shape index (κ2) is 8.11. The van der Waals surface area contributed by atoms with Crippen molar-refractivity contribution in [1.82, 2.24) is 15.2 Å². The number of nitrogens with one attached hydrogen (secondary N) is 1. The molecule has 1 aliphatic rings. The highest BCUT2D eigenvalue weighted by Crippen LogP contribution is 2.38. The number of carbonyl (C=O) groups is 1. The summed E-state index contributed by atoms with van der Waals surface area (Å²) in [5, 5.41) is 3.13.